The maximum atomic E-state index is 5.41. The molecule has 0 amide bonds. The van der Waals surface area contributed by atoms with Gasteiger partial charge in [-0.2, -0.15) is 0 Å². The van der Waals surface area contributed by atoms with Crippen molar-refractivity contribution >= 4 is 41.0 Å². The van der Waals surface area contributed by atoms with Crippen LogP contribution in [0.3, 0.4) is 0 Å². The van der Waals surface area contributed by atoms with Crippen LogP contribution in [-0.4, -0.2) is 35.7 Å². The second-order valence-corrected chi connectivity index (χ2v) is 6.59. The number of nitrogens with one attached hydrogen (secondary N) is 2. The smallest absolute Gasteiger partial charge is 0.191 e. The normalized spacial score (nSPS) is 11.2. The first-order valence-electron chi connectivity index (χ1n) is 9.79. The van der Waals surface area contributed by atoms with E-state index in [9.17, 15) is 0 Å². The number of rotatable bonds is 8. The van der Waals surface area contributed by atoms with E-state index in [-0.39, 0.29) is 24.0 Å². The van der Waals surface area contributed by atoms with Gasteiger partial charge in [-0.15, -0.1) is 24.0 Å². The largest absolute Gasteiger partial charge is 0.496 e. The van der Waals surface area contributed by atoms with Crippen molar-refractivity contribution in [3.63, 3.8) is 0 Å². The SMILES string of the molecule is CCNC(=NCc1ccccc1OC)NCCCn1c(C)nc2ccccc21.I. The number of fused-ring (bicyclic) bond motifs is 1. The molecule has 0 aliphatic heterocycles. The van der Waals surface area contributed by atoms with Gasteiger partial charge in [-0.05, 0) is 38.5 Å². The predicted molar refractivity (Wildman–Crippen MR) is 130 cm³/mol. The van der Waals surface area contributed by atoms with Gasteiger partial charge in [0.05, 0.1) is 24.7 Å². The minimum atomic E-state index is 0. The van der Waals surface area contributed by atoms with Crippen molar-refractivity contribution < 1.29 is 4.74 Å². The molecule has 0 saturated heterocycles. The van der Waals surface area contributed by atoms with Crippen LogP contribution >= 0.6 is 24.0 Å². The first kappa shape index (κ1) is 23.0. The Kier molecular flexibility index (Phi) is 9.24. The number of guanidine groups is 1. The summed E-state index contributed by atoms with van der Waals surface area (Å²) in [4.78, 5) is 9.32. The zero-order chi connectivity index (χ0) is 19.8. The van der Waals surface area contributed by atoms with Gasteiger partial charge >= 0.3 is 0 Å². The van der Waals surface area contributed by atoms with Crippen LogP contribution in [0.25, 0.3) is 11.0 Å². The average Bonchev–Trinajstić information content (AvgIpc) is 3.04. The van der Waals surface area contributed by atoms with Crippen LogP contribution < -0.4 is 15.4 Å². The Balaban J connectivity index is 0.00000300. The minimum absolute atomic E-state index is 0. The highest BCUT2D eigenvalue weighted by molar-refractivity contribution is 14.0. The second-order valence-electron chi connectivity index (χ2n) is 6.59. The van der Waals surface area contributed by atoms with E-state index in [1.165, 1.54) is 5.52 Å². The molecular formula is C22H30IN5O. The fourth-order valence-corrected chi connectivity index (χ4v) is 3.26. The number of para-hydroxylation sites is 3. The summed E-state index contributed by atoms with van der Waals surface area (Å²) in [6.07, 6.45) is 0.986. The Labute approximate surface area is 189 Å². The molecule has 2 aromatic carbocycles. The summed E-state index contributed by atoms with van der Waals surface area (Å²) >= 11 is 0. The van der Waals surface area contributed by atoms with Gasteiger partial charge in [0.2, 0.25) is 0 Å². The fraction of sp³-hybridized carbons (Fsp3) is 0.364. The minimum Gasteiger partial charge on any atom is -0.496 e. The van der Waals surface area contributed by atoms with Crippen molar-refractivity contribution in [3.8, 4) is 5.75 Å². The average molecular weight is 507 g/mol. The van der Waals surface area contributed by atoms with Gasteiger partial charge in [-0.3, -0.25) is 0 Å². The number of hydrogen-bond donors (Lipinski definition) is 2. The maximum absolute atomic E-state index is 5.41. The summed E-state index contributed by atoms with van der Waals surface area (Å²) < 4.78 is 7.68. The van der Waals surface area contributed by atoms with Gasteiger partial charge in [0, 0.05) is 25.2 Å². The molecule has 29 heavy (non-hydrogen) atoms. The van der Waals surface area contributed by atoms with Gasteiger partial charge in [-0.1, -0.05) is 30.3 Å². The molecule has 1 aromatic heterocycles. The first-order chi connectivity index (χ1) is 13.7. The zero-order valence-electron chi connectivity index (χ0n) is 17.3. The number of aryl methyl sites for hydroxylation is 2. The van der Waals surface area contributed by atoms with Crippen molar-refractivity contribution in [2.75, 3.05) is 20.2 Å². The molecule has 0 aliphatic rings. The molecule has 0 radical (unpaired) electrons. The topological polar surface area (TPSA) is 63.5 Å². The van der Waals surface area contributed by atoms with Gasteiger partial charge in [0.1, 0.15) is 11.6 Å². The molecular weight excluding hydrogens is 477 g/mol. The lowest BCUT2D eigenvalue weighted by molar-refractivity contribution is 0.410. The Hall–Kier alpha value is -2.29. The van der Waals surface area contributed by atoms with E-state index < -0.39 is 0 Å². The molecule has 0 saturated carbocycles. The Bertz CT molecular complexity index is 938. The van der Waals surface area contributed by atoms with Gasteiger partial charge in [0.25, 0.3) is 0 Å². The number of methoxy groups -OCH3 is 1. The van der Waals surface area contributed by atoms with Crippen LogP contribution in [0.15, 0.2) is 53.5 Å². The molecule has 0 bridgehead atoms. The lowest BCUT2D eigenvalue weighted by Crippen LogP contribution is -2.38. The molecule has 0 aliphatic carbocycles. The number of imidazole rings is 1. The van der Waals surface area contributed by atoms with Crippen LogP contribution in [-0.2, 0) is 13.1 Å². The van der Waals surface area contributed by atoms with E-state index in [2.05, 4.69) is 57.2 Å². The Morgan fingerprint density at radius 1 is 1.10 bits per heavy atom. The molecule has 3 rings (SSSR count). The molecule has 1 heterocycles. The third-order valence-electron chi connectivity index (χ3n) is 4.64. The number of benzene rings is 2. The molecule has 3 aromatic rings. The van der Waals surface area contributed by atoms with Gasteiger partial charge < -0.3 is 19.9 Å². The summed E-state index contributed by atoms with van der Waals surface area (Å²) in [5.74, 6) is 2.74. The lowest BCUT2D eigenvalue weighted by atomic mass is 10.2. The van der Waals surface area contributed by atoms with Crippen LogP contribution in [0.5, 0.6) is 5.75 Å². The van der Waals surface area contributed by atoms with Crippen molar-refractivity contribution in [3.05, 3.63) is 59.9 Å². The van der Waals surface area contributed by atoms with E-state index in [0.717, 1.165) is 54.7 Å². The summed E-state index contributed by atoms with van der Waals surface area (Å²) in [5.41, 5.74) is 3.32. The van der Waals surface area contributed by atoms with E-state index >= 15 is 0 Å². The summed E-state index contributed by atoms with van der Waals surface area (Å²) in [7, 11) is 1.69. The quantitative estimate of drug-likeness (QED) is 0.209. The molecule has 156 valence electrons. The van der Waals surface area contributed by atoms with Crippen LogP contribution in [0.2, 0.25) is 0 Å². The van der Waals surface area contributed by atoms with Crippen molar-refractivity contribution in [2.24, 2.45) is 4.99 Å². The highest BCUT2D eigenvalue weighted by Crippen LogP contribution is 2.18. The Morgan fingerprint density at radius 2 is 1.86 bits per heavy atom. The second kappa shape index (κ2) is 11.6. The molecule has 0 spiro atoms. The van der Waals surface area contributed by atoms with Crippen LogP contribution in [0.1, 0.15) is 24.7 Å². The summed E-state index contributed by atoms with van der Waals surface area (Å²) in [5, 5.41) is 6.73. The van der Waals surface area contributed by atoms with E-state index in [1.807, 2.05) is 30.3 Å². The highest BCUT2D eigenvalue weighted by Gasteiger charge is 2.06. The number of halogens is 1. The van der Waals surface area contributed by atoms with Crippen LogP contribution in [0.4, 0.5) is 0 Å². The standard InChI is InChI=1S/C22H29N5O.HI/c1-4-23-22(25-16-18-10-5-8-13-21(18)28-3)24-14-9-15-27-17(2)26-19-11-6-7-12-20(19)27;/h5-8,10-13H,4,9,14-16H2,1-3H3,(H2,23,24,25);1H. The molecule has 7 heteroatoms. The molecule has 2 N–H and O–H groups in total. The van der Waals surface area contributed by atoms with Crippen LogP contribution in [0, 0.1) is 6.92 Å². The van der Waals surface area contributed by atoms with Crippen molar-refractivity contribution in [1.82, 2.24) is 20.2 Å². The van der Waals surface area contributed by atoms with Crippen molar-refractivity contribution in [1.29, 1.82) is 0 Å². The first-order valence-corrected chi connectivity index (χ1v) is 9.79. The van der Waals surface area contributed by atoms with E-state index in [0.29, 0.717) is 6.54 Å². The van der Waals surface area contributed by atoms with Gasteiger partial charge in [0.15, 0.2) is 5.96 Å². The predicted octanol–water partition coefficient (Wildman–Crippen LogP) is 4.12. The van der Waals surface area contributed by atoms with E-state index in [1.54, 1.807) is 7.11 Å². The third kappa shape index (κ3) is 6.09. The zero-order valence-corrected chi connectivity index (χ0v) is 19.6. The third-order valence-corrected chi connectivity index (χ3v) is 4.64. The number of hydrogen-bond acceptors (Lipinski definition) is 3. The number of aromatic nitrogens is 2. The highest BCUT2D eigenvalue weighted by atomic mass is 127. The van der Waals surface area contributed by atoms with E-state index in [4.69, 9.17) is 4.74 Å². The molecule has 0 unspecified atom stereocenters. The van der Waals surface area contributed by atoms with Gasteiger partial charge in [-0.25, -0.2) is 9.98 Å². The summed E-state index contributed by atoms with van der Waals surface area (Å²) in [6.45, 7) is 7.29. The number of ether oxygens (including phenoxy) is 1. The monoisotopic (exact) mass is 507 g/mol. The number of aliphatic imine (C=N–C) groups is 1. The molecule has 0 fully saturated rings. The molecule has 0 atom stereocenters. The maximum Gasteiger partial charge on any atom is 0.191 e. The van der Waals surface area contributed by atoms with Crippen molar-refractivity contribution in [2.45, 2.75) is 33.4 Å². The molecule has 6 nitrogen and oxygen atoms in total. The lowest BCUT2D eigenvalue weighted by Gasteiger charge is -2.13. The summed E-state index contributed by atoms with van der Waals surface area (Å²) in [6, 6.07) is 16.3. The Morgan fingerprint density at radius 3 is 2.66 bits per heavy atom. The number of nitrogens with zero attached hydrogens (tertiary/aromatic N) is 3. The fourth-order valence-electron chi connectivity index (χ4n) is 3.26.